The third-order valence-electron chi connectivity index (χ3n) is 6.40. The van der Waals surface area contributed by atoms with Crippen LogP contribution in [0.5, 0.6) is 5.75 Å². The molecule has 37 heavy (non-hydrogen) atoms. The summed E-state index contributed by atoms with van der Waals surface area (Å²) in [5, 5.41) is 4.14. The smallest absolute Gasteiger partial charge is 0.210 e. The second-order valence-corrected chi connectivity index (χ2v) is 9.02. The van der Waals surface area contributed by atoms with Crippen LogP contribution in [0.15, 0.2) is 71.5 Å². The normalized spacial score (nSPS) is 13.8. The molecule has 0 spiro atoms. The first kappa shape index (κ1) is 24.8. The van der Waals surface area contributed by atoms with E-state index in [0.29, 0.717) is 12.3 Å². The Bertz CT molecular complexity index is 1320. The van der Waals surface area contributed by atoms with Crippen molar-refractivity contribution in [2.75, 3.05) is 39.5 Å². The van der Waals surface area contributed by atoms with Crippen LogP contribution in [0, 0.1) is 11.8 Å². The zero-order valence-corrected chi connectivity index (χ0v) is 21.2. The van der Waals surface area contributed by atoms with Crippen molar-refractivity contribution < 1.29 is 14.0 Å². The van der Waals surface area contributed by atoms with Crippen LogP contribution in [0.3, 0.4) is 0 Å². The van der Waals surface area contributed by atoms with E-state index in [0.717, 1.165) is 86.3 Å². The number of hydrogen-bond donors (Lipinski definition) is 0. The van der Waals surface area contributed by atoms with E-state index in [2.05, 4.69) is 62.6 Å². The van der Waals surface area contributed by atoms with Crippen LogP contribution in [0.1, 0.15) is 36.2 Å². The highest BCUT2D eigenvalue weighted by Crippen LogP contribution is 2.23. The van der Waals surface area contributed by atoms with E-state index < -0.39 is 0 Å². The summed E-state index contributed by atoms with van der Waals surface area (Å²) in [7, 11) is 0. The Hall–Kier alpha value is -3.86. The van der Waals surface area contributed by atoms with Gasteiger partial charge in [0.15, 0.2) is 0 Å². The predicted molar refractivity (Wildman–Crippen MR) is 142 cm³/mol. The monoisotopic (exact) mass is 496 g/mol. The zero-order valence-electron chi connectivity index (χ0n) is 21.2. The van der Waals surface area contributed by atoms with E-state index in [4.69, 9.17) is 14.0 Å². The molecule has 0 unspecified atom stereocenters. The molecular formula is C30H32N4O3. The van der Waals surface area contributed by atoms with E-state index in [-0.39, 0.29) is 0 Å². The lowest BCUT2D eigenvalue weighted by molar-refractivity contribution is 0.0358. The van der Waals surface area contributed by atoms with Crippen LogP contribution in [0.4, 0.5) is 0 Å². The quantitative estimate of drug-likeness (QED) is 0.248. The summed E-state index contributed by atoms with van der Waals surface area (Å²) in [5.41, 5.74) is 4.03. The van der Waals surface area contributed by atoms with Crippen molar-refractivity contribution in [3.63, 3.8) is 0 Å². The third kappa shape index (κ3) is 6.88. The molecule has 0 aliphatic carbocycles. The molecule has 2 aromatic carbocycles. The number of aromatic nitrogens is 3. The molecule has 0 atom stereocenters. The largest absolute Gasteiger partial charge is 0.494 e. The molecule has 4 aromatic rings. The van der Waals surface area contributed by atoms with Crippen molar-refractivity contribution in [2.24, 2.45) is 0 Å². The van der Waals surface area contributed by atoms with Gasteiger partial charge in [-0.3, -0.25) is 4.90 Å². The average molecular weight is 497 g/mol. The Kier molecular flexibility index (Phi) is 8.32. The molecule has 1 saturated heterocycles. The third-order valence-corrected chi connectivity index (χ3v) is 6.40. The van der Waals surface area contributed by atoms with Gasteiger partial charge in [0.2, 0.25) is 5.76 Å². The molecule has 1 fully saturated rings. The summed E-state index contributed by atoms with van der Waals surface area (Å²) in [6, 6.07) is 18.4. The Labute approximate surface area is 218 Å². The van der Waals surface area contributed by atoms with Crippen LogP contribution >= 0.6 is 0 Å². The van der Waals surface area contributed by atoms with Gasteiger partial charge in [0.05, 0.1) is 26.4 Å². The van der Waals surface area contributed by atoms with E-state index in [9.17, 15) is 0 Å². The highest BCUT2D eigenvalue weighted by Gasteiger charge is 2.09. The second-order valence-electron chi connectivity index (χ2n) is 9.02. The number of aryl methyl sites for hydroxylation is 1. The topological polar surface area (TPSA) is 65.5 Å². The molecule has 1 aliphatic heterocycles. The van der Waals surface area contributed by atoms with Gasteiger partial charge >= 0.3 is 0 Å². The van der Waals surface area contributed by atoms with Gasteiger partial charge in [-0.25, -0.2) is 4.98 Å². The van der Waals surface area contributed by atoms with Crippen molar-refractivity contribution in [3.05, 3.63) is 89.8 Å². The fourth-order valence-corrected chi connectivity index (χ4v) is 4.34. The van der Waals surface area contributed by atoms with Crippen LogP contribution in [-0.4, -0.2) is 59.1 Å². The van der Waals surface area contributed by atoms with Crippen molar-refractivity contribution in [2.45, 2.75) is 26.3 Å². The lowest BCUT2D eigenvalue weighted by Crippen LogP contribution is -2.37. The van der Waals surface area contributed by atoms with Gasteiger partial charge < -0.3 is 18.6 Å². The molecule has 1 aliphatic rings. The van der Waals surface area contributed by atoms with E-state index in [1.807, 2.05) is 36.5 Å². The van der Waals surface area contributed by atoms with Gasteiger partial charge in [-0.2, -0.15) is 0 Å². The molecule has 0 radical (unpaired) electrons. The molecular weight excluding hydrogens is 464 g/mol. The fraction of sp³-hybridized carbons (Fsp3) is 0.333. The Balaban J connectivity index is 1.12. The maximum absolute atomic E-state index is 5.93. The first-order valence-corrected chi connectivity index (χ1v) is 12.9. The minimum Gasteiger partial charge on any atom is -0.494 e. The standard InChI is InChI=1S/C30H32N4O3/c1-2-30-31-14-16-34(30)23-27-22-29(37-32-27)11-6-24-4-7-25(8-5-24)26-9-12-28(13-10-26)36-19-3-15-33-17-20-35-21-18-33/h4-5,7-10,12-14,16,22H,2-3,15,17-21,23H2,1H3. The molecule has 7 heteroatoms. The summed E-state index contributed by atoms with van der Waals surface area (Å²) in [6.07, 6.45) is 5.65. The highest BCUT2D eigenvalue weighted by molar-refractivity contribution is 5.65. The van der Waals surface area contributed by atoms with Crippen molar-refractivity contribution in [1.29, 1.82) is 0 Å². The molecule has 3 heterocycles. The van der Waals surface area contributed by atoms with Crippen LogP contribution in [0.2, 0.25) is 0 Å². The van der Waals surface area contributed by atoms with Gasteiger partial charge in [0.1, 0.15) is 17.3 Å². The highest BCUT2D eigenvalue weighted by atomic mass is 16.5. The van der Waals surface area contributed by atoms with E-state index >= 15 is 0 Å². The van der Waals surface area contributed by atoms with Gasteiger partial charge in [-0.15, -0.1) is 0 Å². The number of imidazole rings is 1. The predicted octanol–water partition coefficient (Wildman–Crippen LogP) is 4.65. The van der Waals surface area contributed by atoms with Crippen molar-refractivity contribution >= 4 is 0 Å². The van der Waals surface area contributed by atoms with Crippen molar-refractivity contribution in [3.8, 4) is 28.7 Å². The molecule has 7 nitrogen and oxygen atoms in total. The lowest BCUT2D eigenvalue weighted by Gasteiger charge is -2.26. The summed E-state index contributed by atoms with van der Waals surface area (Å²) in [4.78, 5) is 6.77. The van der Waals surface area contributed by atoms with Gasteiger partial charge in [-0.05, 0) is 47.7 Å². The van der Waals surface area contributed by atoms with Gasteiger partial charge in [0.25, 0.3) is 0 Å². The molecule has 0 N–H and O–H groups in total. The van der Waals surface area contributed by atoms with Gasteiger partial charge in [-0.1, -0.05) is 42.3 Å². The Morgan fingerprint density at radius 3 is 2.49 bits per heavy atom. The summed E-state index contributed by atoms with van der Waals surface area (Å²) in [6.45, 7) is 8.21. The maximum atomic E-state index is 5.93. The van der Waals surface area contributed by atoms with Crippen LogP contribution in [-0.2, 0) is 17.7 Å². The first-order valence-electron chi connectivity index (χ1n) is 12.9. The average Bonchev–Trinajstić information content (AvgIpc) is 3.60. The number of hydrogen-bond acceptors (Lipinski definition) is 6. The van der Waals surface area contributed by atoms with Crippen LogP contribution in [0.25, 0.3) is 11.1 Å². The van der Waals surface area contributed by atoms with E-state index in [1.165, 1.54) is 0 Å². The number of ether oxygens (including phenoxy) is 2. The molecule has 0 saturated carbocycles. The number of rotatable bonds is 9. The Morgan fingerprint density at radius 2 is 1.73 bits per heavy atom. The minimum atomic E-state index is 0.553. The minimum absolute atomic E-state index is 0.553. The second kappa shape index (κ2) is 12.4. The first-order chi connectivity index (χ1) is 18.3. The Morgan fingerprint density at radius 1 is 0.973 bits per heavy atom. The number of nitrogens with zero attached hydrogens (tertiary/aromatic N) is 4. The number of benzene rings is 2. The SMILES string of the molecule is CCc1nccn1Cc1cc(C#Cc2ccc(-c3ccc(OCCCN4CCOCC4)cc3)cc2)on1. The summed E-state index contributed by atoms with van der Waals surface area (Å²) < 4.78 is 18.8. The zero-order chi connectivity index (χ0) is 25.3. The lowest BCUT2D eigenvalue weighted by atomic mass is 10.0. The fourth-order valence-electron chi connectivity index (χ4n) is 4.34. The van der Waals surface area contributed by atoms with Crippen LogP contribution < -0.4 is 4.74 Å². The van der Waals surface area contributed by atoms with E-state index in [1.54, 1.807) is 6.20 Å². The summed E-state index contributed by atoms with van der Waals surface area (Å²) in [5.74, 6) is 8.71. The molecule has 0 bridgehead atoms. The molecule has 190 valence electrons. The molecule has 0 amide bonds. The van der Waals surface area contributed by atoms with Crippen molar-refractivity contribution in [1.82, 2.24) is 19.6 Å². The molecule has 2 aromatic heterocycles. The summed E-state index contributed by atoms with van der Waals surface area (Å²) >= 11 is 0. The maximum Gasteiger partial charge on any atom is 0.210 e. The number of morpholine rings is 1. The molecule has 5 rings (SSSR count). The van der Waals surface area contributed by atoms with Gasteiger partial charge in [0, 0.05) is 50.1 Å².